The maximum absolute atomic E-state index is 11.1. The third-order valence-corrected chi connectivity index (χ3v) is 2.99. The summed E-state index contributed by atoms with van der Waals surface area (Å²) >= 11 is 1.22. The highest BCUT2D eigenvalue weighted by molar-refractivity contribution is 7.98. The molecule has 0 aliphatic rings. The molecule has 0 bridgehead atoms. The molecule has 0 saturated carbocycles. The van der Waals surface area contributed by atoms with Crippen LogP contribution in [-0.4, -0.2) is 32.6 Å². The molecule has 0 fully saturated rings. The molecular formula is C12H11N3O3S. The summed E-state index contributed by atoms with van der Waals surface area (Å²) < 4.78 is 0. The van der Waals surface area contributed by atoms with Gasteiger partial charge in [-0.05, 0) is 24.5 Å². The van der Waals surface area contributed by atoms with Gasteiger partial charge in [-0.2, -0.15) is 0 Å². The molecule has 98 valence electrons. The van der Waals surface area contributed by atoms with Crippen molar-refractivity contribution < 1.29 is 15.0 Å². The molecule has 2 aromatic rings. The predicted molar refractivity (Wildman–Crippen MR) is 72.2 cm³/mol. The van der Waals surface area contributed by atoms with Crippen LogP contribution in [-0.2, 0) is 0 Å². The number of aromatic carboxylic acids is 1. The second kappa shape index (κ2) is 5.57. The van der Waals surface area contributed by atoms with Crippen LogP contribution in [0.3, 0.4) is 0 Å². The standard InChI is InChI=1S/C12H11N3O3S/c1-19-11-9(12(17)18)6-10(14-15-11)13-7-3-2-4-8(16)5-7/h2-6,16H,1H3,(H,13,14)(H,17,18). The van der Waals surface area contributed by atoms with Gasteiger partial charge >= 0.3 is 5.97 Å². The predicted octanol–water partition coefficient (Wildman–Crippen LogP) is 2.35. The van der Waals surface area contributed by atoms with E-state index >= 15 is 0 Å². The maximum Gasteiger partial charge on any atom is 0.338 e. The van der Waals surface area contributed by atoms with Gasteiger partial charge in [-0.1, -0.05) is 6.07 Å². The molecule has 1 aromatic heterocycles. The Hall–Kier alpha value is -2.28. The van der Waals surface area contributed by atoms with Crippen molar-refractivity contribution in [2.45, 2.75) is 5.03 Å². The summed E-state index contributed by atoms with van der Waals surface area (Å²) in [5, 5.41) is 29.4. The molecule has 0 atom stereocenters. The van der Waals surface area contributed by atoms with E-state index < -0.39 is 5.97 Å². The molecule has 3 N–H and O–H groups in total. The number of carboxylic acid groups (broad SMARTS) is 1. The van der Waals surface area contributed by atoms with Gasteiger partial charge in [0, 0.05) is 11.8 Å². The molecule has 6 nitrogen and oxygen atoms in total. The number of phenols is 1. The first kappa shape index (κ1) is 13.2. The Kier molecular flexibility index (Phi) is 3.86. The van der Waals surface area contributed by atoms with E-state index in [0.717, 1.165) is 0 Å². The topological polar surface area (TPSA) is 95.3 Å². The quantitative estimate of drug-likeness (QED) is 0.738. The minimum Gasteiger partial charge on any atom is -0.508 e. The molecule has 0 unspecified atom stereocenters. The molecular weight excluding hydrogens is 266 g/mol. The number of carbonyl (C=O) groups is 1. The highest BCUT2D eigenvalue weighted by Crippen LogP contribution is 2.23. The smallest absolute Gasteiger partial charge is 0.338 e. The van der Waals surface area contributed by atoms with Gasteiger partial charge < -0.3 is 15.5 Å². The summed E-state index contributed by atoms with van der Waals surface area (Å²) in [5.74, 6) is -0.642. The summed E-state index contributed by atoms with van der Waals surface area (Å²) in [6.45, 7) is 0. The highest BCUT2D eigenvalue weighted by atomic mass is 32.2. The van der Waals surface area contributed by atoms with E-state index in [2.05, 4.69) is 15.5 Å². The lowest BCUT2D eigenvalue weighted by Gasteiger charge is -2.07. The van der Waals surface area contributed by atoms with Crippen LogP contribution in [0, 0.1) is 0 Å². The minimum absolute atomic E-state index is 0.0881. The van der Waals surface area contributed by atoms with Gasteiger partial charge in [0.25, 0.3) is 0 Å². The SMILES string of the molecule is CSc1nnc(Nc2cccc(O)c2)cc1C(=O)O. The summed E-state index contributed by atoms with van der Waals surface area (Å²) in [5.41, 5.74) is 0.688. The van der Waals surface area contributed by atoms with Crippen molar-refractivity contribution in [3.05, 3.63) is 35.9 Å². The Balaban J connectivity index is 2.31. The first-order valence-electron chi connectivity index (χ1n) is 5.31. The van der Waals surface area contributed by atoms with Crippen molar-refractivity contribution in [1.29, 1.82) is 0 Å². The van der Waals surface area contributed by atoms with Crippen molar-refractivity contribution in [3.63, 3.8) is 0 Å². The van der Waals surface area contributed by atoms with Crippen molar-refractivity contribution >= 4 is 29.2 Å². The fourth-order valence-electron chi connectivity index (χ4n) is 1.48. The lowest BCUT2D eigenvalue weighted by atomic mass is 10.3. The molecule has 0 aliphatic heterocycles. The highest BCUT2D eigenvalue weighted by Gasteiger charge is 2.13. The van der Waals surface area contributed by atoms with E-state index in [1.165, 1.54) is 30.0 Å². The number of hydrogen-bond donors (Lipinski definition) is 3. The molecule has 1 heterocycles. The molecule has 0 radical (unpaired) electrons. The number of aromatic nitrogens is 2. The van der Waals surface area contributed by atoms with Crippen LogP contribution >= 0.6 is 11.8 Å². The molecule has 0 amide bonds. The third-order valence-electron chi connectivity index (χ3n) is 2.30. The number of thioether (sulfide) groups is 1. The third kappa shape index (κ3) is 3.14. The number of phenolic OH excluding ortho intramolecular Hbond substituents is 1. The van der Waals surface area contributed by atoms with Crippen molar-refractivity contribution in [3.8, 4) is 5.75 Å². The van der Waals surface area contributed by atoms with Crippen LogP contribution in [0.2, 0.25) is 0 Å². The van der Waals surface area contributed by atoms with Crippen molar-refractivity contribution in [1.82, 2.24) is 10.2 Å². The van der Waals surface area contributed by atoms with E-state index in [-0.39, 0.29) is 11.3 Å². The number of benzene rings is 1. The summed E-state index contributed by atoms with van der Waals surface area (Å²) in [6.07, 6.45) is 1.73. The van der Waals surface area contributed by atoms with Gasteiger partial charge in [-0.3, -0.25) is 0 Å². The average Bonchev–Trinajstić information content (AvgIpc) is 2.38. The fraction of sp³-hybridized carbons (Fsp3) is 0.0833. The maximum atomic E-state index is 11.1. The van der Waals surface area contributed by atoms with Gasteiger partial charge in [0.15, 0.2) is 5.82 Å². The van der Waals surface area contributed by atoms with E-state index in [1.807, 2.05) is 0 Å². The second-order valence-electron chi connectivity index (χ2n) is 3.63. The summed E-state index contributed by atoms with van der Waals surface area (Å²) in [7, 11) is 0. The van der Waals surface area contributed by atoms with Crippen LogP contribution < -0.4 is 5.32 Å². The molecule has 0 spiro atoms. The number of hydrogen-bond acceptors (Lipinski definition) is 6. The van der Waals surface area contributed by atoms with Gasteiger partial charge in [0.05, 0.1) is 5.56 Å². The summed E-state index contributed by atoms with van der Waals surface area (Å²) in [4.78, 5) is 11.1. The van der Waals surface area contributed by atoms with Gasteiger partial charge in [-0.15, -0.1) is 22.0 Å². The zero-order chi connectivity index (χ0) is 13.8. The van der Waals surface area contributed by atoms with Crippen LogP contribution in [0.5, 0.6) is 5.75 Å². The normalized spacial score (nSPS) is 10.2. The summed E-state index contributed by atoms with van der Waals surface area (Å²) in [6, 6.07) is 7.84. The van der Waals surface area contributed by atoms with Crippen LogP contribution in [0.4, 0.5) is 11.5 Å². The molecule has 1 aromatic carbocycles. The zero-order valence-electron chi connectivity index (χ0n) is 9.99. The Morgan fingerprint density at radius 2 is 2.11 bits per heavy atom. The number of nitrogens with one attached hydrogen (secondary N) is 1. The molecule has 0 saturated heterocycles. The lowest BCUT2D eigenvalue weighted by Crippen LogP contribution is -2.05. The van der Waals surface area contributed by atoms with E-state index in [4.69, 9.17) is 5.11 Å². The van der Waals surface area contributed by atoms with Gasteiger partial charge in [0.2, 0.25) is 0 Å². The average molecular weight is 277 g/mol. The number of rotatable bonds is 4. The second-order valence-corrected chi connectivity index (χ2v) is 4.43. The van der Waals surface area contributed by atoms with Crippen LogP contribution in [0.1, 0.15) is 10.4 Å². The number of aromatic hydroxyl groups is 1. The van der Waals surface area contributed by atoms with Gasteiger partial charge in [-0.25, -0.2) is 4.79 Å². The lowest BCUT2D eigenvalue weighted by molar-refractivity contribution is 0.0692. The number of anilines is 2. The Labute approximate surface area is 113 Å². The fourth-order valence-corrected chi connectivity index (χ4v) is 1.97. The number of nitrogens with zero attached hydrogens (tertiary/aromatic N) is 2. The first-order chi connectivity index (χ1) is 9.10. The Bertz CT molecular complexity index is 619. The van der Waals surface area contributed by atoms with Crippen LogP contribution in [0.25, 0.3) is 0 Å². The van der Waals surface area contributed by atoms with Crippen molar-refractivity contribution in [2.24, 2.45) is 0 Å². The van der Waals surface area contributed by atoms with E-state index in [1.54, 1.807) is 18.4 Å². The van der Waals surface area contributed by atoms with Crippen molar-refractivity contribution in [2.75, 3.05) is 11.6 Å². The molecule has 7 heteroatoms. The monoisotopic (exact) mass is 277 g/mol. The Morgan fingerprint density at radius 1 is 1.32 bits per heavy atom. The van der Waals surface area contributed by atoms with Gasteiger partial charge in [0.1, 0.15) is 10.8 Å². The molecule has 2 rings (SSSR count). The largest absolute Gasteiger partial charge is 0.508 e. The van der Waals surface area contributed by atoms with E-state index in [9.17, 15) is 9.90 Å². The molecule has 19 heavy (non-hydrogen) atoms. The minimum atomic E-state index is -1.06. The van der Waals surface area contributed by atoms with Crippen LogP contribution in [0.15, 0.2) is 35.4 Å². The number of carboxylic acids is 1. The first-order valence-corrected chi connectivity index (χ1v) is 6.53. The Morgan fingerprint density at radius 3 is 2.74 bits per heavy atom. The van der Waals surface area contributed by atoms with E-state index in [0.29, 0.717) is 16.5 Å². The molecule has 0 aliphatic carbocycles. The zero-order valence-corrected chi connectivity index (χ0v) is 10.8.